The lowest BCUT2D eigenvalue weighted by molar-refractivity contribution is 1.04. The summed E-state index contributed by atoms with van der Waals surface area (Å²) in [5.74, 6) is 0.679. The van der Waals surface area contributed by atoms with Crippen LogP contribution in [0.15, 0.2) is 54.9 Å². The van der Waals surface area contributed by atoms with E-state index in [0.29, 0.717) is 12.5 Å². The van der Waals surface area contributed by atoms with Gasteiger partial charge in [0, 0.05) is 38.6 Å². The number of nitrogens with zero attached hydrogens (tertiary/aromatic N) is 3. The molecule has 0 spiro atoms. The highest BCUT2D eigenvalue weighted by Gasteiger charge is 1.99. The van der Waals surface area contributed by atoms with E-state index in [1.165, 1.54) is 23.1 Å². The molecule has 0 aliphatic carbocycles. The lowest BCUT2D eigenvalue weighted by Gasteiger charge is -2.13. The predicted octanol–water partition coefficient (Wildman–Crippen LogP) is 3.09. The Labute approximate surface area is 141 Å². The molecule has 3 N–H and O–H groups in total. The quantitative estimate of drug-likeness (QED) is 0.623. The van der Waals surface area contributed by atoms with Crippen LogP contribution in [0.5, 0.6) is 0 Å². The van der Waals surface area contributed by atoms with Crippen molar-refractivity contribution in [2.24, 2.45) is 0 Å². The highest BCUT2D eigenvalue weighted by Crippen LogP contribution is 2.15. The Hall–Kier alpha value is -3.02. The number of benzene rings is 2. The standard InChI is InChI=1S/C18H22N6/c1-24(2)17-9-5-15(6-10-17)11-19-16-7-3-14(4-8-16)12-20-18-21-13-22-23-18/h3-10,13,19H,11-12H2,1-2H3,(H2,20,21,22,23). The van der Waals surface area contributed by atoms with Crippen LogP contribution in [0, 0.1) is 0 Å². The molecule has 0 radical (unpaired) electrons. The minimum Gasteiger partial charge on any atom is -0.381 e. The maximum absolute atomic E-state index is 4.04. The average Bonchev–Trinajstić information content (AvgIpc) is 3.13. The summed E-state index contributed by atoms with van der Waals surface area (Å²) < 4.78 is 0. The Morgan fingerprint density at radius 1 is 0.875 bits per heavy atom. The summed E-state index contributed by atoms with van der Waals surface area (Å²) in [6, 6.07) is 16.9. The van der Waals surface area contributed by atoms with Gasteiger partial charge >= 0.3 is 0 Å². The summed E-state index contributed by atoms with van der Waals surface area (Å²) in [7, 11) is 4.10. The van der Waals surface area contributed by atoms with E-state index in [9.17, 15) is 0 Å². The second kappa shape index (κ2) is 7.50. The van der Waals surface area contributed by atoms with Gasteiger partial charge in [-0.1, -0.05) is 24.3 Å². The molecule has 124 valence electrons. The first-order chi connectivity index (χ1) is 11.7. The summed E-state index contributed by atoms with van der Waals surface area (Å²) in [4.78, 5) is 6.14. The van der Waals surface area contributed by atoms with Crippen LogP contribution in [0.1, 0.15) is 11.1 Å². The third-order valence-electron chi connectivity index (χ3n) is 3.78. The van der Waals surface area contributed by atoms with Crippen LogP contribution in [0.25, 0.3) is 0 Å². The number of nitrogens with one attached hydrogen (secondary N) is 3. The Bertz CT molecular complexity index is 732. The van der Waals surface area contributed by atoms with Crippen LogP contribution < -0.4 is 15.5 Å². The van der Waals surface area contributed by atoms with Crippen molar-refractivity contribution >= 4 is 17.3 Å². The highest BCUT2D eigenvalue weighted by molar-refractivity contribution is 5.48. The van der Waals surface area contributed by atoms with Crippen LogP contribution in [0.2, 0.25) is 0 Å². The minimum absolute atomic E-state index is 0.679. The van der Waals surface area contributed by atoms with Gasteiger partial charge in [-0.2, -0.15) is 5.10 Å². The maximum atomic E-state index is 4.04. The molecule has 3 aromatic rings. The summed E-state index contributed by atoms with van der Waals surface area (Å²) in [6.45, 7) is 1.52. The van der Waals surface area contributed by atoms with Gasteiger partial charge in [0.1, 0.15) is 6.33 Å². The van der Waals surface area contributed by atoms with Gasteiger partial charge in [0.25, 0.3) is 0 Å². The van der Waals surface area contributed by atoms with Gasteiger partial charge in [-0.05, 0) is 35.4 Å². The zero-order valence-corrected chi connectivity index (χ0v) is 14.0. The molecular formula is C18H22N6. The first-order valence-corrected chi connectivity index (χ1v) is 7.89. The highest BCUT2D eigenvalue weighted by atomic mass is 15.3. The predicted molar refractivity (Wildman–Crippen MR) is 98.2 cm³/mol. The van der Waals surface area contributed by atoms with E-state index in [1.54, 1.807) is 0 Å². The van der Waals surface area contributed by atoms with Crippen molar-refractivity contribution in [3.63, 3.8) is 0 Å². The van der Waals surface area contributed by atoms with Crippen molar-refractivity contribution in [3.8, 4) is 0 Å². The molecule has 0 bridgehead atoms. The average molecular weight is 322 g/mol. The fourth-order valence-corrected chi connectivity index (χ4v) is 2.33. The second-order valence-corrected chi connectivity index (χ2v) is 5.80. The zero-order chi connectivity index (χ0) is 16.8. The molecule has 0 fully saturated rings. The molecule has 0 saturated carbocycles. The molecule has 3 rings (SSSR count). The van der Waals surface area contributed by atoms with Gasteiger partial charge in [-0.25, -0.2) is 10.1 Å². The monoisotopic (exact) mass is 322 g/mol. The van der Waals surface area contributed by atoms with Crippen LogP contribution in [-0.4, -0.2) is 29.3 Å². The number of H-pyrrole nitrogens is 1. The summed E-state index contributed by atoms with van der Waals surface area (Å²) >= 11 is 0. The van der Waals surface area contributed by atoms with E-state index in [-0.39, 0.29) is 0 Å². The third-order valence-corrected chi connectivity index (χ3v) is 3.78. The van der Waals surface area contributed by atoms with Gasteiger partial charge in [0.15, 0.2) is 0 Å². The molecule has 24 heavy (non-hydrogen) atoms. The zero-order valence-electron chi connectivity index (χ0n) is 14.0. The van der Waals surface area contributed by atoms with Crippen molar-refractivity contribution in [2.75, 3.05) is 29.6 Å². The van der Waals surface area contributed by atoms with E-state index in [2.05, 4.69) is 79.2 Å². The molecule has 0 amide bonds. The number of hydrogen-bond donors (Lipinski definition) is 3. The van der Waals surface area contributed by atoms with Crippen molar-refractivity contribution in [1.82, 2.24) is 15.2 Å². The van der Waals surface area contributed by atoms with E-state index in [1.807, 2.05) is 14.1 Å². The van der Waals surface area contributed by atoms with Gasteiger partial charge in [0.2, 0.25) is 5.95 Å². The van der Waals surface area contributed by atoms with Crippen molar-refractivity contribution < 1.29 is 0 Å². The van der Waals surface area contributed by atoms with Crippen molar-refractivity contribution in [2.45, 2.75) is 13.1 Å². The fraction of sp³-hybridized carbons (Fsp3) is 0.222. The van der Waals surface area contributed by atoms with Crippen molar-refractivity contribution in [1.29, 1.82) is 0 Å². The van der Waals surface area contributed by atoms with E-state index >= 15 is 0 Å². The molecule has 0 saturated heterocycles. The number of aromatic nitrogens is 3. The molecule has 1 heterocycles. The minimum atomic E-state index is 0.679. The molecule has 0 atom stereocenters. The van der Waals surface area contributed by atoms with Crippen LogP contribution in [0.4, 0.5) is 17.3 Å². The number of hydrogen-bond acceptors (Lipinski definition) is 5. The van der Waals surface area contributed by atoms with E-state index in [0.717, 1.165) is 12.2 Å². The molecule has 0 aliphatic heterocycles. The molecule has 6 heteroatoms. The smallest absolute Gasteiger partial charge is 0.218 e. The number of aromatic amines is 1. The van der Waals surface area contributed by atoms with Gasteiger partial charge in [0.05, 0.1) is 0 Å². The van der Waals surface area contributed by atoms with Gasteiger partial charge in [-0.3, -0.25) is 0 Å². The third kappa shape index (κ3) is 4.25. The summed E-state index contributed by atoms with van der Waals surface area (Å²) in [5.41, 5.74) is 4.77. The molecule has 0 unspecified atom stereocenters. The summed E-state index contributed by atoms with van der Waals surface area (Å²) in [5, 5.41) is 13.2. The van der Waals surface area contributed by atoms with Crippen LogP contribution >= 0.6 is 0 Å². The summed E-state index contributed by atoms with van der Waals surface area (Å²) in [6.07, 6.45) is 1.49. The largest absolute Gasteiger partial charge is 0.381 e. The van der Waals surface area contributed by atoms with Gasteiger partial charge < -0.3 is 15.5 Å². The molecule has 1 aromatic heterocycles. The van der Waals surface area contributed by atoms with Crippen LogP contribution in [-0.2, 0) is 13.1 Å². The SMILES string of the molecule is CN(C)c1ccc(CNc2ccc(CNc3ncn[nH]3)cc2)cc1. The number of anilines is 3. The van der Waals surface area contributed by atoms with Crippen molar-refractivity contribution in [3.05, 3.63) is 66.0 Å². The lowest BCUT2D eigenvalue weighted by Crippen LogP contribution is -2.08. The molecule has 0 aliphatic rings. The van der Waals surface area contributed by atoms with Crippen LogP contribution in [0.3, 0.4) is 0 Å². The topological polar surface area (TPSA) is 68.9 Å². The fourth-order valence-electron chi connectivity index (χ4n) is 2.33. The van der Waals surface area contributed by atoms with E-state index < -0.39 is 0 Å². The lowest BCUT2D eigenvalue weighted by atomic mass is 10.1. The molecular weight excluding hydrogens is 300 g/mol. The normalized spacial score (nSPS) is 10.4. The first kappa shape index (κ1) is 15.9. The second-order valence-electron chi connectivity index (χ2n) is 5.80. The maximum Gasteiger partial charge on any atom is 0.218 e. The molecule has 6 nitrogen and oxygen atoms in total. The Morgan fingerprint density at radius 3 is 2.08 bits per heavy atom. The Morgan fingerprint density at radius 2 is 1.50 bits per heavy atom. The van der Waals surface area contributed by atoms with E-state index in [4.69, 9.17) is 0 Å². The Balaban J connectivity index is 1.50. The number of rotatable bonds is 7. The first-order valence-electron chi connectivity index (χ1n) is 7.89. The Kier molecular flexibility index (Phi) is 4.96. The molecule has 2 aromatic carbocycles. The van der Waals surface area contributed by atoms with Gasteiger partial charge in [-0.15, -0.1) is 0 Å².